The fourth-order valence-corrected chi connectivity index (χ4v) is 2.24. The number of phenols is 2. The first-order valence-electron chi connectivity index (χ1n) is 6.63. The molecule has 136 valence electrons. The maximum absolute atomic E-state index is 14.9. The lowest BCUT2D eigenvalue weighted by Gasteiger charge is -2.35. The summed E-state index contributed by atoms with van der Waals surface area (Å²) in [5.74, 6) is -6.45. The van der Waals surface area contributed by atoms with Crippen LogP contribution < -0.4 is 11.5 Å². The van der Waals surface area contributed by atoms with Gasteiger partial charge in [0, 0.05) is 11.1 Å². The molecule has 0 spiro atoms. The smallest absolute Gasteiger partial charge is 0.433 e. The molecule has 0 aliphatic carbocycles. The van der Waals surface area contributed by atoms with E-state index in [1.54, 1.807) is 0 Å². The van der Waals surface area contributed by atoms with E-state index in [1.807, 2.05) is 0 Å². The van der Waals surface area contributed by atoms with Gasteiger partial charge in [-0.1, -0.05) is 6.07 Å². The Labute approximate surface area is 137 Å². The zero-order chi connectivity index (χ0) is 19.2. The van der Waals surface area contributed by atoms with Crippen LogP contribution in [0.25, 0.3) is 0 Å². The Bertz CT molecular complexity index is 809. The first kappa shape index (κ1) is 18.6. The zero-order valence-corrected chi connectivity index (χ0v) is 12.3. The molecule has 2 rings (SSSR count). The van der Waals surface area contributed by atoms with Crippen molar-refractivity contribution in [2.75, 3.05) is 11.5 Å². The number of nitrogen functional groups attached to an aromatic ring is 2. The molecule has 0 aromatic heterocycles. The largest absolute Gasteiger partial charge is 0.506 e. The normalized spacial score (nSPS) is 15.0. The number of alkyl halides is 6. The number of aromatic hydroxyl groups is 2. The lowest BCUT2D eigenvalue weighted by atomic mass is 9.84. The van der Waals surface area contributed by atoms with Gasteiger partial charge in [-0.2, -0.15) is 22.0 Å². The van der Waals surface area contributed by atoms with Crippen molar-refractivity contribution < 1.29 is 36.6 Å². The Morgan fingerprint density at radius 2 is 1.08 bits per heavy atom. The second-order valence-corrected chi connectivity index (χ2v) is 5.28. The number of benzene rings is 2. The number of nitrogens with two attached hydrogens (primary N) is 2. The third kappa shape index (κ3) is 2.77. The van der Waals surface area contributed by atoms with E-state index in [0.717, 1.165) is 0 Å². The van der Waals surface area contributed by atoms with Crippen molar-refractivity contribution >= 4 is 11.4 Å². The zero-order valence-electron chi connectivity index (χ0n) is 12.3. The highest BCUT2D eigenvalue weighted by Crippen LogP contribution is 2.57. The Balaban J connectivity index is 2.74. The number of anilines is 2. The van der Waals surface area contributed by atoms with Gasteiger partial charge in [0.25, 0.3) is 5.67 Å². The summed E-state index contributed by atoms with van der Waals surface area (Å²) in [4.78, 5) is 0. The summed E-state index contributed by atoms with van der Waals surface area (Å²) in [6.45, 7) is 0. The first-order chi connectivity index (χ1) is 11.3. The Kier molecular flexibility index (Phi) is 4.19. The molecule has 0 aliphatic rings. The van der Waals surface area contributed by atoms with Gasteiger partial charge in [-0.3, -0.25) is 0 Å². The van der Waals surface area contributed by atoms with E-state index in [9.17, 15) is 36.6 Å². The maximum Gasteiger partial charge on any atom is 0.433 e. The highest BCUT2D eigenvalue weighted by Gasteiger charge is 2.72. The fraction of sp³-hybridized carbons (Fsp3) is 0.200. The van der Waals surface area contributed by atoms with Crippen LogP contribution in [0.2, 0.25) is 0 Å². The second-order valence-electron chi connectivity index (χ2n) is 5.28. The number of rotatable bonds is 3. The van der Waals surface area contributed by atoms with E-state index < -0.39 is 51.8 Å². The SMILES string of the molecule is Nc1cc(C(F)(F)C(F)(c2ccc(O)c(N)c2)C(F)(F)F)ccc1O. The van der Waals surface area contributed by atoms with Crippen molar-refractivity contribution in [2.24, 2.45) is 0 Å². The molecule has 0 bridgehead atoms. The molecule has 0 saturated heterocycles. The molecule has 4 nitrogen and oxygen atoms in total. The molecule has 1 unspecified atom stereocenters. The van der Waals surface area contributed by atoms with Gasteiger partial charge in [0.2, 0.25) is 0 Å². The molecule has 2 aromatic rings. The fourth-order valence-electron chi connectivity index (χ4n) is 2.24. The topological polar surface area (TPSA) is 92.5 Å². The summed E-state index contributed by atoms with van der Waals surface area (Å²) >= 11 is 0. The molecule has 0 radical (unpaired) electrons. The number of halogens is 6. The summed E-state index contributed by atoms with van der Waals surface area (Å²) in [6, 6.07) is 2.61. The first-order valence-corrected chi connectivity index (χ1v) is 6.63. The van der Waals surface area contributed by atoms with E-state index in [4.69, 9.17) is 11.5 Å². The van der Waals surface area contributed by atoms with E-state index in [1.165, 1.54) is 0 Å². The molecule has 0 amide bonds. The van der Waals surface area contributed by atoms with E-state index >= 15 is 0 Å². The number of hydrogen-bond donors (Lipinski definition) is 4. The number of hydrogen-bond acceptors (Lipinski definition) is 4. The van der Waals surface area contributed by atoms with Crippen LogP contribution >= 0.6 is 0 Å². The van der Waals surface area contributed by atoms with Crippen LogP contribution in [0.3, 0.4) is 0 Å². The molecule has 25 heavy (non-hydrogen) atoms. The van der Waals surface area contributed by atoms with Crippen LogP contribution in [-0.2, 0) is 11.6 Å². The monoisotopic (exact) mass is 366 g/mol. The average molecular weight is 366 g/mol. The average Bonchev–Trinajstić information content (AvgIpc) is 2.50. The van der Waals surface area contributed by atoms with Gasteiger partial charge in [-0.05, 0) is 30.3 Å². The maximum atomic E-state index is 14.9. The lowest BCUT2D eigenvalue weighted by Crippen LogP contribution is -2.51. The van der Waals surface area contributed by atoms with Crippen LogP contribution in [0.4, 0.5) is 37.7 Å². The molecular formula is C15H12F6N2O2. The molecule has 0 aliphatic heterocycles. The molecule has 0 heterocycles. The van der Waals surface area contributed by atoms with Crippen molar-refractivity contribution in [3.05, 3.63) is 47.5 Å². The molecule has 10 heteroatoms. The van der Waals surface area contributed by atoms with E-state index in [0.29, 0.717) is 30.3 Å². The molecular weight excluding hydrogens is 354 g/mol. The molecule has 6 N–H and O–H groups in total. The van der Waals surface area contributed by atoms with Crippen molar-refractivity contribution in [3.8, 4) is 11.5 Å². The van der Waals surface area contributed by atoms with E-state index in [-0.39, 0.29) is 6.07 Å². The lowest BCUT2D eigenvalue weighted by molar-refractivity contribution is -0.314. The van der Waals surface area contributed by atoms with Gasteiger partial charge in [0.05, 0.1) is 11.4 Å². The van der Waals surface area contributed by atoms with Gasteiger partial charge >= 0.3 is 12.1 Å². The highest BCUT2D eigenvalue weighted by molar-refractivity contribution is 5.57. The molecule has 0 saturated carbocycles. The Morgan fingerprint density at radius 1 is 0.680 bits per heavy atom. The molecule has 2 aromatic carbocycles. The van der Waals surface area contributed by atoms with Crippen molar-refractivity contribution in [1.82, 2.24) is 0 Å². The highest BCUT2D eigenvalue weighted by atomic mass is 19.4. The van der Waals surface area contributed by atoms with Gasteiger partial charge in [-0.15, -0.1) is 0 Å². The Hall–Kier alpha value is -2.78. The van der Waals surface area contributed by atoms with Crippen LogP contribution in [-0.4, -0.2) is 16.4 Å². The summed E-state index contributed by atoms with van der Waals surface area (Å²) in [5, 5.41) is 18.5. The number of phenolic OH excluding ortho intramolecular Hbond substituents is 2. The van der Waals surface area contributed by atoms with Crippen LogP contribution in [0.15, 0.2) is 36.4 Å². The van der Waals surface area contributed by atoms with Crippen molar-refractivity contribution in [2.45, 2.75) is 17.8 Å². The third-order valence-electron chi connectivity index (χ3n) is 3.64. The van der Waals surface area contributed by atoms with Crippen LogP contribution in [0, 0.1) is 0 Å². The minimum absolute atomic E-state index is 0.278. The summed E-state index contributed by atoms with van der Waals surface area (Å²) in [7, 11) is 0. The summed E-state index contributed by atoms with van der Waals surface area (Å²) in [6.07, 6.45) is -6.04. The predicted octanol–water partition coefficient (Wildman–Crippen LogP) is 3.78. The van der Waals surface area contributed by atoms with Gasteiger partial charge in [0.1, 0.15) is 11.5 Å². The third-order valence-corrected chi connectivity index (χ3v) is 3.64. The van der Waals surface area contributed by atoms with Crippen LogP contribution in [0.5, 0.6) is 11.5 Å². The Morgan fingerprint density at radius 3 is 1.48 bits per heavy atom. The van der Waals surface area contributed by atoms with Gasteiger partial charge < -0.3 is 21.7 Å². The standard InChI is InChI=1S/C15H12F6N2O2/c16-13(15(19,20)21,7-1-3-11(24)9(22)5-7)14(17,18)8-2-4-12(25)10(23)6-8/h1-6,24-25H,22-23H2. The predicted molar refractivity (Wildman–Crippen MR) is 77.8 cm³/mol. The van der Waals surface area contributed by atoms with Gasteiger partial charge in [0.15, 0.2) is 0 Å². The minimum Gasteiger partial charge on any atom is -0.506 e. The molecule has 0 fully saturated rings. The van der Waals surface area contributed by atoms with Gasteiger partial charge in [-0.25, -0.2) is 4.39 Å². The van der Waals surface area contributed by atoms with Crippen molar-refractivity contribution in [1.29, 1.82) is 0 Å². The van der Waals surface area contributed by atoms with E-state index in [2.05, 4.69) is 0 Å². The molecule has 1 atom stereocenters. The quantitative estimate of drug-likeness (QED) is 0.378. The summed E-state index contributed by atoms with van der Waals surface area (Å²) in [5.41, 5.74) is 1.02. The van der Waals surface area contributed by atoms with Crippen LogP contribution in [0.1, 0.15) is 11.1 Å². The minimum atomic E-state index is -6.04. The summed E-state index contributed by atoms with van der Waals surface area (Å²) < 4.78 is 84.1. The second kappa shape index (κ2) is 5.64. The van der Waals surface area contributed by atoms with Crippen molar-refractivity contribution in [3.63, 3.8) is 0 Å².